The Morgan fingerprint density at radius 2 is 1.73 bits per heavy atom. The summed E-state index contributed by atoms with van der Waals surface area (Å²) in [5.41, 5.74) is -4.36. The van der Waals surface area contributed by atoms with Crippen LogP contribution >= 0.6 is 35.6 Å². The lowest BCUT2D eigenvalue weighted by atomic mass is 9.88. The van der Waals surface area contributed by atoms with Gasteiger partial charge in [0.2, 0.25) is 0 Å². The van der Waals surface area contributed by atoms with Gasteiger partial charge in [-0.15, -0.1) is 12.4 Å². The average molecular weight is 508 g/mol. The molecular formula is C18H20Cl3F3N2O3S. The summed E-state index contributed by atoms with van der Waals surface area (Å²) in [6, 6.07) is 10.7. The van der Waals surface area contributed by atoms with Crippen LogP contribution in [0, 0.1) is 0 Å². The van der Waals surface area contributed by atoms with Crippen LogP contribution in [0.4, 0.5) is 18.9 Å². The molecule has 12 heteroatoms. The van der Waals surface area contributed by atoms with Gasteiger partial charge in [0.05, 0.1) is 16.1 Å². The van der Waals surface area contributed by atoms with E-state index in [0.717, 1.165) is 5.56 Å². The molecule has 0 heterocycles. The predicted octanol–water partition coefficient (Wildman–Crippen LogP) is 5.37. The normalized spacial score (nSPS) is 14.0. The van der Waals surface area contributed by atoms with Crippen molar-refractivity contribution in [2.24, 2.45) is 0 Å². The van der Waals surface area contributed by atoms with Crippen molar-refractivity contribution in [3.63, 3.8) is 0 Å². The Bertz CT molecular complexity index is 959. The fourth-order valence-electron chi connectivity index (χ4n) is 2.89. The van der Waals surface area contributed by atoms with Crippen molar-refractivity contribution in [2.45, 2.75) is 17.5 Å². The number of hydrogen-bond acceptors (Lipinski definition) is 4. The van der Waals surface area contributed by atoms with Gasteiger partial charge in [-0.25, -0.2) is 0 Å². The van der Waals surface area contributed by atoms with E-state index in [1.165, 1.54) is 25.3 Å². The molecule has 0 saturated carbocycles. The van der Waals surface area contributed by atoms with Crippen LogP contribution in [0.3, 0.4) is 0 Å². The number of halogens is 6. The number of alkyl halides is 3. The van der Waals surface area contributed by atoms with E-state index in [1.807, 2.05) is 0 Å². The van der Waals surface area contributed by atoms with Gasteiger partial charge < -0.3 is 10.1 Å². The predicted molar refractivity (Wildman–Crippen MR) is 115 cm³/mol. The lowest BCUT2D eigenvalue weighted by molar-refractivity contribution is -0.0429. The first kappa shape index (κ1) is 26.8. The van der Waals surface area contributed by atoms with Crippen LogP contribution in [0.25, 0.3) is 0 Å². The molecule has 2 aromatic rings. The Hall–Kier alpha value is -1.23. The summed E-state index contributed by atoms with van der Waals surface area (Å²) >= 11 is 12.1. The summed E-state index contributed by atoms with van der Waals surface area (Å²) in [6.07, 6.45) is -0.602. The zero-order valence-electron chi connectivity index (χ0n) is 15.8. The van der Waals surface area contributed by atoms with Crippen molar-refractivity contribution in [3.8, 4) is 0 Å². The molecule has 0 unspecified atom stereocenters. The number of rotatable bonds is 8. The smallest absolute Gasteiger partial charge is 0.376 e. The maximum absolute atomic E-state index is 12.7. The van der Waals surface area contributed by atoms with Crippen LogP contribution in [-0.2, 0) is 14.8 Å². The topological polar surface area (TPSA) is 67.4 Å². The van der Waals surface area contributed by atoms with Crippen LogP contribution in [-0.4, -0.2) is 34.6 Å². The molecule has 2 aromatic carbocycles. The number of anilines is 1. The van der Waals surface area contributed by atoms with E-state index < -0.39 is 21.6 Å². The molecule has 0 bridgehead atoms. The second-order valence-electron chi connectivity index (χ2n) is 6.17. The molecule has 168 valence electrons. The van der Waals surface area contributed by atoms with Gasteiger partial charge in [0.25, 0.3) is 0 Å². The maximum Gasteiger partial charge on any atom is 0.516 e. The first-order valence-corrected chi connectivity index (χ1v) is 10.6. The van der Waals surface area contributed by atoms with Gasteiger partial charge >= 0.3 is 15.5 Å². The molecular weight excluding hydrogens is 488 g/mol. The van der Waals surface area contributed by atoms with Crippen molar-refractivity contribution in [3.05, 3.63) is 63.6 Å². The van der Waals surface area contributed by atoms with Crippen LogP contribution < -0.4 is 10.0 Å². The second-order valence-corrected chi connectivity index (χ2v) is 8.66. The average Bonchev–Trinajstić information content (AvgIpc) is 2.63. The molecule has 0 aliphatic carbocycles. The minimum absolute atomic E-state index is 0. The number of sulfonamides is 1. The Morgan fingerprint density at radius 3 is 2.27 bits per heavy atom. The minimum atomic E-state index is -5.53. The van der Waals surface area contributed by atoms with Crippen molar-refractivity contribution >= 4 is 51.3 Å². The van der Waals surface area contributed by atoms with Gasteiger partial charge in [0, 0.05) is 25.3 Å². The molecule has 0 aliphatic heterocycles. The maximum atomic E-state index is 12.7. The highest BCUT2D eigenvalue weighted by Gasteiger charge is 2.46. The molecule has 0 fully saturated rings. The van der Waals surface area contributed by atoms with Crippen molar-refractivity contribution in [2.75, 3.05) is 25.4 Å². The Balaban J connectivity index is 0.00000450. The molecule has 2 rings (SSSR count). The summed E-state index contributed by atoms with van der Waals surface area (Å²) in [6.45, 7) is 0.453. The number of ether oxygens (including phenoxy) is 1. The minimum Gasteiger partial charge on any atom is -0.376 e. The van der Waals surface area contributed by atoms with E-state index in [-0.39, 0.29) is 24.0 Å². The highest BCUT2D eigenvalue weighted by atomic mass is 35.5. The highest BCUT2D eigenvalue weighted by molar-refractivity contribution is 7.93. The van der Waals surface area contributed by atoms with Gasteiger partial charge in [-0.05, 0) is 42.4 Å². The Morgan fingerprint density at radius 1 is 1.07 bits per heavy atom. The first-order valence-electron chi connectivity index (χ1n) is 8.31. The van der Waals surface area contributed by atoms with Crippen LogP contribution in [0.1, 0.15) is 23.1 Å². The summed E-state index contributed by atoms with van der Waals surface area (Å²) < 4.78 is 67.9. The highest BCUT2D eigenvalue weighted by Crippen LogP contribution is 2.37. The van der Waals surface area contributed by atoms with Gasteiger partial charge in [-0.3, -0.25) is 4.72 Å². The zero-order valence-corrected chi connectivity index (χ0v) is 19.0. The molecule has 30 heavy (non-hydrogen) atoms. The van der Waals surface area contributed by atoms with E-state index >= 15 is 0 Å². The van der Waals surface area contributed by atoms with E-state index in [4.69, 9.17) is 27.9 Å². The van der Waals surface area contributed by atoms with Crippen molar-refractivity contribution in [1.29, 1.82) is 0 Å². The third kappa shape index (κ3) is 6.38. The third-order valence-corrected chi connectivity index (χ3v) is 6.04. The number of hydrogen-bond donors (Lipinski definition) is 2. The van der Waals surface area contributed by atoms with Crippen LogP contribution in [0.15, 0.2) is 42.5 Å². The van der Waals surface area contributed by atoms with Gasteiger partial charge in [-0.2, -0.15) is 21.6 Å². The van der Waals surface area contributed by atoms with Crippen molar-refractivity contribution < 1.29 is 26.3 Å². The third-order valence-electron chi connectivity index (χ3n) is 4.19. The number of likely N-dealkylation sites (N-methyl/N-ethyl adjacent to an activating group) is 1. The number of nitrogens with one attached hydrogen (secondary N) is 2. The molecule has 5 nitrogen and oxygen atoms in total. The molecule has 0 saturated heterocycles. The summed E-state index contributed by atoms with van der Waals surface area (Å²) in [4.78, 5) is 0. The SMILES string of the molecule is CNC[C@@H](c1ccc(Cl)c(Cl)c1)[C@@H](OC)c1cccc(NS(=O)(=O)C(F)(F)F)c1.Cl. The van der Waals surface area contributed by atoms with Gasteiger partial charge in [-0.1, -0.05) is 41.4 Å². The summed E-state index contributed by atoms with van der Waals surface area (Å²) in [7, 11) is -2.33. The molecule has 2 N–H and O–H groups in total. The molecule has 0 aliphatic rings. The quantitative estimate of drug-likeness (QED) is 0.504. The molecule has 0 spiro atoms. The zero-order chi connectivity index (χ0) is 21.8. The van der Waals surface area contributed by atoms with Crippen molar-refractivity contribution in [1.82, 2.24) is 5.32 Å². The lowest BCUT2D eigenvalue weighted by Crippen LogP contribution is -2.30. The van der Waals surface area contributed by atoms with E-state index in [0.29, 0.717) is 22.2 Å². The van der Waals surface area contributed by atoms with E-state index in [2.05, 4.69) is 5.32 Å². The molecule has 0 amide bonds. The fraction of sp³-hybridized carbons (Fsp3) is 0.333. The Labute approximate surface area is 189 Å². The molecule has 2 atom stereocenters. The summed E-state index contributed by atoms with van der Waals surface area (Å²) in [5.74, 6) is -0.283. The van der Waals surface area contributed by atoms with Gasteiger partial charge in [0.15, 0.2) is 0 Å². The standard InChI is InChI=1S/C18H19Cl2F3N2O3S.ClH/c1-24-10-14(11-6-7-15(19)16(20)9-11)17(28-2)12-4-3-5-13(8-12)25-29(26,27)18(21,22)23;/h3-9,14,17,24-25H,10H2,1-2H3;1H/t14-,17-;/m0./s1. The number of benzene rings is 2. The van der Waals surface area contributed by atoms with Crippen LogP contribution in [0.2, 0.25) is 10.0 Å². The molecule has 0 aromatic heterocycles. The Kier molecular flexibility index (Phi) is 9.72. The monoisotopic (exact) mass is 506 g/mol. The van der Waals surface area contributed by atoms with E-state index in [1.54, 1.807) is 36.0 Å². The first-order chi connectivity index (χ1) is 13.5. The van der Waals surface area contributed by atoms with E-state index in [9.17, 15) is 21.6 Å². The largest absolute Gasteiger partial charge is 0.516 e. The second kappa shape index (κ2) is 10.9. The summed E-state index contributed by atoms with van der Waals surface area (Å²) in [5, 5.41) is 3.78. The number of methoxy groups -OCH3 is 1. The lowest BCUT2D eigenvalue weighted by Gasteiger charge is -2.27. The fourth-order valence-corrected chi connectivity index (χ4v) is 3.75. The van der Waals surface area contributed by atoms with Gasteiger partial charge in [0.1, 0.15) is 0 Å². The molecule has 0 radical (unpaired) electrons. The van der Waals surface area contributed by atoms with Crippen LogP contribution in [0.5, 0.6) is 0 Å².